The molecule has 1 aliphatic rings. The van der Waals surface area contributed by atoms with Crippen LogP contribution < -0.4 is 4.90 Å². The van der Waals surface area contributed by atoms with E-state index in [0.29, 0.717) is 11.6 Å². The maximum Gasteiger partial charge on any atom is 0.153 e. The van der Waals surface area contributed by atoms with Crippen LogP contribution >= 0.6 is 0 Å². The van der Waals surface area contributed by atoms with Crippen molar-refractivity contribution in [3.8, 4) is 0 Å². The van der Waals surface area contributed by atoms with E-state index in [2.05, 4.69) is 16.8 Å². The van der Waals surface area contributed by atoms with Gasteiger partial charge in [0.2, 0.25) is 0 Å². The molecule has 1 saturated carbocycles. The lowest BCUT2D eigenvalue weighted by Gasteiger charge is -2.23. The number of aldehydes is 1. The maximum atomic E-state index is 11.3. The summed E-state index contributed by atoms with van der Waals surface area (Å²) in [7, 11) is 0. The Kier molecular flexibility index (Phi) is 2.74. The van der Waals surface area contributed by atoms with Gasteiger partial charge in [0.1, 0.15) is 5.82 Å². The summed E-state index contributed by atoms with van der Waals surface area (Å²) in [5.41, 5.74) is 1.65. The first-order chi connectivity index (χ1) is 8.83. The molecule has 1 fully saturated rings. The fraction of sp³-hybridized carbons (Fsp3) is 0.333. The van der Waals surface area contributed by atoms with E-state index in [9.17, 15) is 4.79 Å². The quantitative estimate of drug-likeness (QED) is 0.770. The number of benzene rings is 1. The summed E-state index contributed by atoms with van der Waals surface area (Å²) in [6.07, 6.45) is 3.33. The molecule has 92 valence electrons. The second-order valence-corrected chi connectivity index (χ2v) is 4.73. The first-order valence-electron chi connectivity index (χ1n) is 6.45. The van der Waals surface area contributed by atoms with E-state index >= 15 is 0 Å². The Morgan fingerprint density at radius 3 is 2.83 bits per heavy atom. The average molecular weight is 240 g/mol. The van der Waals surface area contributed by atoms with Crippen LogP contribution in [0.5, 0.6) is 0 Å². The van der Waals surface area contributed by atoms with Crippen molar-refractivity contribution in [2.24, 2.45) is 0 Å². The molecule has 0 aliphatic heterocycles. The molecular weight excluding hydrogens is 224 g/mol. The third-order valence-electron chi connectivity index (χ3n) is 3.46. The van der Waals surface area contributed by atoms with Gasteiger partial charge in [0.15, 0.2) is 6.29 Å². The Labute approximate surface area is 106 Å². The lowest BCUT2D eigenvalue weighted by Crippen LogP contribution is -2.27. The number of anilines is 1. The van der Waals surface area contributed by atoms with Crippen molar-refractivity contribution >= 4 is 23.0 Å². The molecule has 0 bridgehead atoms. The van der Waals surface area contributed by atoms with Gasteiger partial charge in [0, 0.05) is 18.0 Å². The van der Waals surface area contributed by atoms with E-state index in [1.54, 1.807) is 0 Å². The van der Waals surface area contributed by atoms with Crippen molar-refractivity contribution in [3.05, 3.63) is 35.9 Å². The number of hydrogen-bond donors (Lipinski definition) is 0. The molecule has 3 heteroatoms. The third kappa shape index (κ3) is 1.86. The number of pyridine rings is 1. The summed E-state index contributed by atoms with van der Waals surface area (Å²) >= 11 is 0. The van der Waals surface area contributed by atoms with Crippen molar-refractivity contribution in [3.63, 3.8) is 0 Å². The highest BCUT2D eigenvalue weighted by Crippen LogP contribution is 2.32. The molecule has 3 nitrogen and oxygen atoms in total. The lowest BCUT2D eigenvalue weighted by molar-refractivity contribution is 0.112. The van der Waals surface area contributed by atoms with Gasteiger partial charge in [-0.05, 0) is 31.9 Å². The van der Waals surface area contributed by atoms with Gasteiger partial charge in [-0.15, -0.1) is 0 Å². The minimum Gasteiger partial charge on any atom is -0.353 e. The van der Waals surface area contributed by atoms with Crippen molar-refractivity contribution in [1.29, 1.82) is 0 Å². The van der Waals surface area contributed by atoms with E-state index in [1.807, 2.05) is 30.3 Å². The first kappa shape index (κ1) is 11.2. The summed E-state index contributed by atoms with van der Waals surface area (Å²) in [4.78, 5) is 18.2. The molecule has 0 radical (unpaired) electrons. The number of nitrogens with zero attached hydrogens (tertiary/aromatic N) is 2. The van der Waals surface area contributed by atoms with Gasteiger partial charge in [-0.25, -0.2) is 4.98 Å². The SMILES string of the molecule is CCN(c1nc2ccccc2cc1C=O)C1CC1. The Morgan fingerprint density at radius 1 is 1.39 bits per heavy atom. The zero-order valence-electron chi connectivity index (χ0n) is 10.5. The fourth-order valence-corrected chi connectivity index (χ4v) is 2.41. The Bertz CT molecular complexity index is 590. The smallest absolute Gasteiger partial charge is 0.153 e. The predicted octanol–water partition coefficient (Wildman–Crippen LogP) is 3.04. The predicted molar refractivity (Wildman–Crippen MR) is 73.2 cm³/mol. The van der Waals surface area contributed by atoms with Crippen LogP contribution in [0.4, 0.5) is 5.82 Å². The minimum atomic E-state index is 0.572. The van der Waals surface area contributed by atoms with E-state index in [-0.39, 0.29) is 0 Å². The summed E-state index contributed by atoms with van der Waals surface area (Å²) in [5, 5.41) is 1.02. The molecular formula is C15H16N2O. The minimum absolute atomic E-state index is 0.572. The van der Waals surface area contributed by atoms with Crippen molar-refractivity contribution in [1.82, 2.24) is 4.98 Å². The second kappa shape index (κ2) is 4.41. The van der Waals surface area contributed by atoms with E-state index < -0.39 is 0 Å². The normalized spacial score (nSPS) is 14.7. The van der Waals surface area contributed by atoms with Crippen LogP contribution in [0.1, 0.15) is 30.1 Å². The van der Waals surface area contributed by atoms with Crippen LogP contribution in [0.25, 0.3) is 10.9 Å². The second-order valence-electron chi connectivity index (χ2n) is 4.73. The molecule has 0 spiro atoms. The van der Waals surface area contributed by atoms with Gasteiger partial charge in [0.25, 0.3) is 0 Å². The summed E-state index contributed by atoms with van der Waals surface area (Å²) < 4.78 is 0. The van der Waals surface area contributed by atoms with Crippen LogP contribution in [-0.4, -0.2) is 23.9 Å². The molecule has 0 atom stereocenters. The zero-order valence-corrected chi connectivity index (χ0v) is 10.5. The van der Waals surface area contributed by atoms with E-state index in [0.717, 1.165) is 29.6 Å². The Balaban J connectivity index is 2.16. The van der Waals surface area contributed by atoms with E-state index in [1.165, 1.54) is 12.8 Å². The van der Waals surface area contributed by atoms with Gasteiger partial charge < -0.3 is 4.90 Å². The van der Waals surface area contributed by atoms with Gasteiger partial charge >= 0.3 is 0 Å². The molecule has 2 aromatic rings. The fourth-order valence-electron chi connectivity index (χ4n) is 2.41. The molecule has 3 rings (SSSR count). The van der Waals surface area contributed by atoms with Crippen molar-refractivity contribution < 1.29 is 4.79 Å². The maximum absolute atomic E-state index is 11.3. The topological polar surface area (TPSA) is 33.2 Å². The molecule has 0 N–H and O–H groups in total. The number of fused-ring (bicyclic) bond motifs is 1. The van der Waals surface area contributed by atoms with Crippen molar-refractivity contribution in [2.75, 3.05) is 11.4 Å². The number of carbonyl (C=O) groups excluding carboxylic acids is 1. The van der Waals surface area contributed by atoms with E-state index in [4.69, 9.17) is 0 Å². The van der Waals surface area contributed by atoms with Gasteiger partial charge in [-0.3, -0.25) is 4.79 Å². The number of carbonyl (C=O) groups is 1. The standard InChI is InChI=1S/C15H16N2O/c1-2-17(13-7-8-13)15-12(10-18)9-11-5-3-4-6-14(11)16-15/h3-6,9-10,13H,2,7-8H2,1H3. The number of aromatic nitrogens is 1. The van der Waals surface area contributed by atoms with Crippen LogP contribution in [0, 0.1) is 0 Å². The zero-order chi connectivity index (χ0) is 12.5. The molecule has 1 heterocycles. The summed E-state index contributed by atoms with van der Waals surface area (Å²) in [5.74, 6) is 0.841. The Hall–Kier alpha value is -1.90. The summed E-state index contributed by atoms with van der Waals surface area (Å²) in [6.45, 7) is 3.01. The first-order valence-corrected chi connectivity index (χ1v) is 6.45. The van der Waals surface area contributed by atoms with Gasteiger partial charge in [0.05, 0.1) is 11.1 Å². The van der Waals surface area contributed by atoms with Crippen molar-refractivity contribution in [2.45, 2.75) is 25.8 Å². The molecule has 1 aromatic carbocycles. The molecule has 1 aliphatic carbocycles. The van der Waals surface area contributed by atoms with Gasteiger partial charge in [-0.2, -0.15) is 0 Å². The third-order valence-corrected chi connectivity index (χ3v) is 3.46. The largest absolute Gasteiger partial charge is 0.353 e. The molecule has 0 saturated heterocycles. The lowest BCUT2D eigenvalue weighted by atomic mass is 10.1. The number of para-hydroxylation sites is 1. The van der Waals surface area contributed by atoms with Crippen LogP contribution in [0.15, 0.2) is 30.3 Å². The summed E-state index contributed by atoms with van der Waals surface area (Å²) in [6, 6.07) is 10.4. The van der Waals surface area contributed by atoms with Crippen LogP contribution in [0.3, 0.4) is 0 Å². The highest BCUT2D eigenvalue weighted by molar-refractivity contribution is 5.91. The number of rotatable bonds is 4. The molecule has 0 unspecified atom stereocenters. The van der Waals surface area contributed by atoms with Crippen LogP contribution in [-0.2, 0) is 0 Å². The molecule has 0 amide bonds. The highest BCUT2D eigenvalue weighted by atomic mass is 16.1. The van der Waals surface area contributed by atoms with Gasteiger partial charge in [-0.1, -0.05) is 18.2 Å². The highest BCUT2D eigenvalue weighted by Gasteiger charge is 2.30. The Morgan fingerprint density at radius 2 is 2.17 bits per heavy atom. The average Bonchev–Trinajstić information content (AvgIpc) is 3.23. The molecule has 18 heavy (non-hydrogen) atoms. The van der Waals surface area contributed by atoms with Crippen LogP contribution in [0.2, 0.25) is 0 Å². The number of hydrogen-bond acceptors (Lipinski definition) is 3. The molecule has 1 aromatic heterocycles. The monoisotopic (exact) mass is 240 g/mol.